The van der Waals surface area contributed by atoms with Crippen LogP contribution in [0.4, 0.5) is 18.9 Å². The zero-order valence-electron chi connectivity index (χ0n) is 19.1. The quantitative estimate of drug-likeness (QED) is 0.381. The zero-order valence-corrected chi connectivity index (χ0v) is 19.9. The molecule has 0 saturated carbocycles. The van der Waals surface area contributed by atoms with Crippen molar-refractivity contribution >= 4 is 26.7 Å². The first-order valence-corrected chi connectivity index (χ1v) is 12.1. The maximum absolute atomic E-state index is 15.2. The van der Waals surface area contributed by atoms with Crippen molar-refractivity contribution in [3.8, 4) is 5.88 Å². The molecule has 8 nitrogen and oxygen atoms in total. The Morgan fingerprint density at radius 2 is 1.83 bits per heavy atom. The summed E-state index contributed by atoms with van der Waals surface area (Å²) in [5, 5.41) is 4.45. The number of nitrogens with one attached hydrogen (secondary N) is 1. The van der Waals surface area contributed by atoms with Crippen molar-refractivity contribution in [2.24, 2.45) is 0 Å². The Balaban J connectivity index is 1.59. The van der Waals surface area contributed by atoms with Gasteiger partial charge in [-0.25, -0.2) is 26.6 Å². The molecule has 0 amide bonds. The molecule has 0 aliphatic heterocycles. The third-order valence-electron chi connectivity index (χ3n) is 5.32. The van der Waals surface area contributed by atoms with Gasteiger partial charge in [-0.15, -0.1) is 0 Å². The summed E-state index contributed by atoms with van der Waals surface area (Å²) in [6.45, 7) is 3.97. The lowest BCUT2D eigenvalue weighted by atomic mass is 10.0. The highest BCUT2D eigenvalue weighted by Crippen LogP contribution is 2.28. The van der Waals surface area contributed by atoms with Crippen LogP contribution in [0, 0.1) is 17.5 Å². The minimum Gasteiger partial charge on any atom is -0.480 e. The minimum absolute atomic E-state index is 0.0594. The van der Waals surface area contributed by atoms with Crippen LogP contribution in [-0.4, -0.2) is 35.3 Å². The van der Waals surface area contributed by atoms with Gasteiger partial charge in [-0.2, -0.15) is 5.10 Å². The monoisotopic (exact) mass is 505 g/mol. The van der Waals surface area contributed by atoms with Crippen LogP contribution in [0.1, 0.15) is 31.0 Å². The maximum atomic E-state index is 15.2. The van der Waals surface area contributed by atoms with Crippen molar-refractivity contribution in [1.82, 2.24) is 19.7 Å². The van der Waals surface area contributed by atoms with Crippen LogP contribution in [0.25, 0.3) is 11.0 Å². The number of nitrogens with zero attached hydrogens (tertiary/aromatic N) is 4. The third kappa shape index (κ3) is 5.06. The van der Waals surface area contributed by atoms with E-state index in [1.54, 1.807) is 16.9 Å². The number of hydrogen-bond donors (Lipinski definition) is 1. The van der Waals surface area contributed by atoms with Crippen LogP contribution < -0.4 is 9.46 Å². The summed E-state index contributed by atoms with van der Waals surface area (Å²) < 4.78 is 77.4. The van der Waals surface area contributed by atoms with Gasteiger partial charge in [0.05, 0.1) is 25.2 Å². The van der Waals surface area contributed by atoms with Crippen LogP contribution in [0.2, 0.25) is 0 Å². The van der Waals surface area contributed by atoms with Crippen molar-refractivity contribution in [1.29, 1.82) is 0 Å². The molecule has 0 radical (unpaired) electrons. The number of aromatic nitrogens is 4. The van der Waals surface area contributed by atoms with E-state index in [1.165, 1.54) is 0 Å². The number of pyridine rings is 2. The van der Waals surface area contributed by atoms with Gasteiger partial charge in [-0.05, 0) is 50.5 Å². The molecule has 0 atom stereocenters. The molecule has 0 aliphatic carbocycles. The third-order valence-corrected chi connectivity index (χ3v) is 6.68. The molecular formula is C23H22F3N5O3S. The highest BCUT2D eigenvalue weighted by Gasteiger charge is 2.24. The summed E-state index contributed by atoms with van der Waals surface area (Å²) in [7, 11) is -3.33. The number of rotatable bonds is 8. The number of sulfonamides is 1. The van der Waals surface area contributed by atoms with Gasteiger partial charge in [0.2, 0.25) is 5.88 Å². The molecule has 3 aromatic heterocycles. The van der Waals surface area contributed by atoms with Crippen molar-refractivity contribution < 1.29 is 26.3 Å². The zero-order chi connectivity index (χ0) is 25.3. The number of hydrogen-bond acceptors (Lipinski definition) is 6. The average Bonchev–Trinajstić information content (AvgIpc) is 3.25. The first-order chi connectivity index (χ1) is 16.6. The molecule has 0 bridgehead atoms. The van der Waals surface area contributed by atoms with E-state index in [0.717, 1.165) is 25.4 Å². The van der Waals surface area contributed by atoms with Gasteiger partial charge in [0.25, 0.3) is 10.0 Å². The summed E-state index contributed by atoms with van der Waals surface area (Å²) in [5.74, 6) is -3.19. The number of aryl methyl sites for hydroxylation is 1. The molecule has 1 aromatic carbocycles. The normalized spacial score (nSPS) is 11.9. The highest BCUT2D eigenvalue weighted by molar-refractivity contribution is 7.92. The van der Waals surface area contributed by atoms with E-state index in [0.29, 0.717) is 22.7 Å². The Hall–Kier alpha value is -3.67. The smallest absolute Gasteiger partial charge is 0.267 e. The topological polar surface area (TPSA) is 99.0 Å². The molecule has 4 aromatic rings. The molecule has 12 heteroatoms. The Kier molecular flexibility index (Phi) is 6.66. The fourth-order valence-corrected chi connectivity index (χ4v) is 4.68. The van der Waals surface area contributed by atoms with Gasteiger partial charge < -0.3 is 4.74 Å². The largest absolute Gasteiger partial charge is 0.480 e. The molecule has 3 heterocycles. The number of benzene rings is 1. The van der Waals surface area contributed by atoms with Crippen molar-refractivity contribution in [2.45, 2.75) is 37.6 Å². The number of fused-ring (bicyclic) bond motifs is 1. The Morgan fingerprint density at radius 1 is 1.06 bits per heavy atom. The van der Waals surface area contributed by atoms with E-state index in [1.807, 2.05) is 24.8 Å². The number of anilines is 1. The van der Waals surface area contributed by atoms with Crippen LogP contribution in [-0.2, 0) is 22.9 Å². The lowest BCUT2D eigenvalue weighted by molar-refractivity contribution is 0.382. The second-order valence-corrected chi connectivity index (χ2v) is 9.76. The summed E-state index contributed by atoms with van der Waals surface area (Å²) in [5.41, 5.74) is 1.29. The standard InChI is InChI=1S/C23H22F3N5O3S/c1-13(2)31-12-20-19(29-31)8-14(10-27-20)4-5-16-17(25)6-7-18(22(16)26)30-35(32,33)21-9-15(24)11-28-23(21)34-3/h6-13,30H,4-5H2,1-3H3. The highest BCUT2D eigenvalue weighted by atomic mass is 32.2. The number of ether oxygens (including phenoxy) is 1. The SMILES string of the molecule is COc1ncc(F)cc1S(=O)(=O)Nc1ccc(F)c(CCc2cnc3cn(C(C)C)nc3c2)c1F. The maximum Gasteiger partial charge on any atom is 0.267 e. The molecule has 0 spiro atoms. The van der Waals surface area contributed by atoms with E-state index >= 15 is 4.39 Å². The molecule has 0 fully saturated rings. The molecule has 1 N–H and O–H groups in total. The van der Waals surface area contributed by atoms with Crippen LogP contribution in [0.5, 0.6) is 5.88 Å². The minimum atomic E-state index is -4.49. The summed E-state index contributed by atoms with van der Waals surface area (Å²) in [6, 6.07) is 4.57. The molecular weight excluding hydrogens is 483 g/mol. The summed E-state index contributed by atoms with van der Waals surface area (Å²) in [4.78, 5) is 7.31. The van der Waals surface area contributed by atoms with Crippen LogP contribution >= 0.6 is 0 Å². The van der Waals surface area contributed by atoms with Gasteiger partial charge >= 0.3 is 0 Å². The van der Waals surface area contributed by atoms with Gasteiger partial charge in [0.1, 0.15) is 22.7 Å². The second-order valence-electron chi connectivity index (χ2n) is 8.10. The second kappa shape index (κ2) is 9.53. The predicted octanol–water partition coefficient (Wildman–Crippen LogP) is 4.42. The first-order valence-electron chi connectivity index (χ1n) is 10.6. The molecule has 184 valence electrons. The fraction of sp³-hybridized carbons (Fsp3) is 0.261. The van der Waals surface area contributed by atoms with E-state index in [4.69, 9.17) is 4.74 Å². The predicted molar refractivity (Wildman–Crippen MR) is 123 cm³/mol. The van der Waals surface area contributed by atoms with Gasteiger partial charge in [0.15, 0.2) is 10.7 Å². The number of halogens is 3. The summed E-state index contributed by atoms with van der Waals surface area (Å²) >= 11 is 0. The van der Waals surface area contributed by atoms with E-state index < -0.39 is 38.1 Å². The van der Waals surface area contributed by atoms with E-state index in [2.05, 4.69) is 15.1 Å². The van der Waals surface area contributed by atoms with Gasteiger partial charge in [0, 0.05) is 23.9 Å². The lowest BCUT2D eigenvalue weighted by Gasteiger charge is -2.14. The molecule has 35 heavy (non-hydrogen) atoms. The van der Waals surface area contributed by atoms with Crippen molar-refractivity contribution in [2.75, 3.05) is 11.8 Å². The molecule has 0 aliphatic rings. The van der Waals surface area contributed by atoms with Gasteiger partial charge in [-0.3, -0.25) is 14.4 Å². The van der Waals surface area contributed by atoms with Crippen LogP contribution in [0.15, 0.2) is 47.8 Å². The van der Waals surface area contributed by atoms with Crippen LogP contribution in [0.3, 0.4) is 0 Å². The Morgan fingerprint density at radius 3 is 2.54 bits per heavy atom. The van der Waals surface area contributed by atoms with Crippen molar-refractivity contribution in [3.05, 3.63) is 71.4 Å². The molecule has 0 unspecified atom stereocenters. The lowest BCUT2D eigenvalue weighted by Crippen LogP contribution is -2.17. The summed E-state index contributed by atoms with van der Waals surface area (Å²) in [6.07, 6.45) is 4.40. The Labute approximate surface area is 199 Å². The van der Waals surface area contributed by atoms with Crippen molar-refractivity contribution in [3.63, 3.8) is 0 Å². The first kappa shape index (κ1) is 24.5. The van der Waals surface area contributed by atoms with E-state index in [9.17, 15) is 17.2 Å². The van der Waals surface area contributed by atoms with E-state index in [-0.39, 0.29) is 30.3 Å². The van der Waals surface area contributed by atoms with Gasteiger partial charge in [-0.1, -0.05) is 0 Å². The molecule has 0 saturated heterocycles. The molecule has 4 rings (SSSR count). The Bertz CT molecular complexity index is 1510. The fourth-order valence-electron chi connectivity index (χ4n) is 3.49. The average molecular weight is 506 g/mol. The number of methoxy groups -OCH3 is 1.